The van der Waals surface area contributed by atoms with Crippen molar-refractivity contribution in [3.05, 3.63) is 35.9 Å². The molecule has 1 aromatic carbocycles. The fourth-order valence-electron chi connectivity index (χ4n) is 6.24. The Bertz CT molecular complexity index is 684. The SMILES string of the molecule is COc1ccc2c(c1)N(C)C1CC(C)C3C=CCN4CCC21C34. The second-order valence-electron chi connectivity index (χ2n) is 7.96. The van der Waals surface area contributed by atoms with Gasteiger partial charge < -0.3 is 9.64 Å². The van der Waals surface area contributed by atoms with Crippen molar-refractivity contribution in [3.8, 4) is 5.75 Å². The maximum atomic E-state index is 5.50. The molecule has 0 bridgehead atoms. The van der Waals surface area contributed by atoms with E-state index in [1.807, 2.05) is 0 Å². The van der Waals surface area contributed by atoms with Crippen LogP contribution in [0, 0.1) is 11.8 Å². The molecule has 1 aromatic rings. The fourth-order valence-corrected chi connectivity index (χ4v) is 6.24. The number of hydrogen-bond donors (Lipinski definition) is 0. The van der Waals surface area contributed by atoms with Gasteiger partial charge in [-0.3, -0.25) is 4.90 Å². The second kappa shape index (κ2) is 4.54. The maximum absolute atomic E-state index is 5.50. The molecule has 1 saturated heterocycles. The van der Waals surface area contributed by atoms with E-state index in [1.54, 1.807) is 12.7 Å². The molecule has 3 nitrogen and oxygen atoms in total. The van der Waals surface area contributed by atoms with Crippen LogP contribution in [0.5, 0.6) is 5.75 Å². The summed E-state index contributed by atoms with van der Waals surface area (Å²) in [5.41, 5.74) is 3.29. The van der Waals surface area contributed by atoms with Gasteiger partial charge in [-0.2, -0.15) is 0 Å². The van der Waals surface area contributed by atoms with Gasteiger partial charge in [-0.05, 0) is 42.9 Å². The van der Waals surface area contributed by atoms with E-state index < -0.39 is 0 Å². The summed E-state index contributed by atoms with van der Waals surface area (Å²) < 4.78 is 5.50. The molecule has 122 valence electrons. The molecular weight excluding hydrogens is 284 g/mol. The highest BCUT2D eigenvalue weighted by molar-refractivity contribution is 5.68. The van der Waals surface area contributed by atoms with E-state index in [2.05, 4.69) is 54.1 Å². The summed E-state index contributed by atoms with van der Waals surface area (Å²) >= 11 is 0. The molecule has 5 atom stereocenters. The molecule has 4 aliphatic rings. The lowest BCUT2D eigenvalue weighted by Gasteiger charge is -2.52. The molecule has 2 fully saturated rings. The first-order chi connectivity index (χ1) is 11.2. The minimum absolute atomic E-state index is 0.318. The molecule has 0 aromatic heterocycles. The molecule has 5 rings (SSSR count). The number of benzene rings is 1. The van der Waals surface area contributed by atoms with Gasteiger partial charge in [0.05, 0.1) is 7.11 Å². The predicted molar refractivity (Wildman–Crippen MR) is 93.3 cm³/mol. The molecule has 3 heteroatoms. The summed E-state index contributed by atoms with van der Waals surface area (Å²) in [7, 11) is 4.06. The first-order valence-corrected chi connectivity index (χ1v) is 8.99. The summed E-state index contributed by atoms with van der Waals surface area (Å²) in [5.74, 6) is 2.45. The molecule has 1 saturated carbocycles. The van der Waals surface area contributed by atoms with Gasteiger partial charge in [-0.15, -0.1) is 0 Å². The number of hydrogen-bond acceptors (Lipinski definition) is 3. The monoisotopic (exact) mass is 310 g/mol. The molecular formula is C20H26N2O. The Hall–Kier alpha value is -1.48. The van der Waals surface area contributed by atoms with Gasteiger partial charge in [0.15, 0.2) is 0 Å². The summed E-state index contributed by atoms with van der Waals surface area (Å²) in [6.07, 6.45) is 7.53. The molecule has 1 spiro atoms. The lowest BCUT2D eigenvalue weighted by Crippen LogP contribution is -2.60. The van der Waals surface area contributed by atoms with E-state index in [4.69, 9.17) is 4.74 Å². The van der Waals surface area contributed by atoms with E-state index in [-0.39, 0.29) is 0 Å². The second-order valence-corrected chi connectivity index (χ2v) is 7.96. The molecule has 1 aliphatic carbocycles. The molecule has 0 amide bonds. The van der Waals surface area contributed by atoms with Crippen molar-refractivity contribution in [1.82, 2.24) is 4.90 Å². The van der Waals surface area contributed by atoms with Gasteiger partial charge in [0.25, 0.3) is 0 Å². The van der Waals surface area contributed by atoms with Crippen LogP contribution in [-0.4, -0.2) is 44.2 Å². The topological polar surface area (TPSA) is 15.7 Å². The van der Waals surface area contributed by atoms with E-state index in [9.17, 15) is 0 Å². The Kier molecular flexibility index (Phi) is 2.74. The maximum Gasteiger partial charge on any atom is 0.120 e. The Morgan fingerprint density at radius 2 is 2.17 bits per heavy atom. The predicted octanol–water partition coefficient (Wildman–Crippen LogP) is 3.05. The molecule has 3 heterocycles. The van der Waals surface area contributed by atoms with Crippen molar-refractivity contribution in [1.29, 1.82) is 0 Å². The number of anilines is 1. The highest BCUT2D eigenvalue weighted by Gasteiger charge is 2.64. The number of ether oxygens (including phenoxy) is 1. The zero-order chi connectivity index (χ0) is 15.8. The van der Waals surface area contributed by atoms with Crippen molar-refractivity contribution in [2.45, 2.75) is 37.3 Å². The number of methoxy groups -OCH3 is 1. The van der Waals surface area contributed by atoms with Gasteiger partial charge in [-0.25, -0.2) is 0 Å². The van der Waals surface area contributed by atoms with Crippen LogP contribution in [0.1, 0.15) is 25.3 Å². The molecule has 5 unspecified atom stereocenters. The Labute approximate surface area is 138 Å². The largest absolute Gasteiger partial charge is 0.497 e. The van der Waals surface area contributed by atoms with Crippen molar-refractivity contribution in [2.24, 2.45) is 11.8 Å². The summed E-state index contributed by atoms with van der Waals surface area (Å²) in [6, 6.07) is 8.09. The number of nitrogens with zero attached hydrogens (tertiary/aromatic N) is 2. The normalized spacial score (nSPS) is 40.7. The third-order valence-electron chi connectivity index (χ3n) is 7.20. The van der Waals surface area contributed by atoms with Gasteiger partial charge in [0, 0.05) is 42.8 Å². The van der Waals surface area contributed by atoms with E-state index in [0.29, 0.717) is 23.4 Å². The minimum atomic E-state index is 0.318. The van der Waals surface area contributed by atoms with Crippen molar-refractivity contribution in [2.75, 3.05) is 32.1 Å². The zero-order valence-corrected chi connectivity index (χ0v) is 14.3. The fraction of sp³-hybridized carbons (Fsp3) is 0.600. The van der Waals surface area contributed by atoms with Crippen molar-refractivity contribution < 1.29 is 4.74 Å². The smallest absolute Gasteiger partial charge is 0.120 e. The Balaban J connectivity index is 1.72. The lowest BCUT2D eigenvalue weighted by molar-refractivity contribution is 0.0733. The van der Waals surface area contributed by atoms with Crippen LogP contribution in [-0.2, 0) is 5.41 Å². The van der Waals surface area contributed by atoms with Gasteiger partial charge in [-0.1, -0.05) is 25.1 Å². The third-order valence-corrected chi connectivity index (χ3v) is 7.20. The van der Waals surface area contributed by atoms with Crippen LogP contribution in [0.2, 0.25) is 0 Å². The first kappa shape index (κ1) is 13.9. The van der Waals surface area contributed by atoms with E-state index in [0.717, 1.165) is 18.2 Å². The number of rotatable bonds is 1. The van der Waals surface area contributed by atoms with Crippen LogP contribution < -0.4 is 9.64 Å². The van der Waals surface area contributed by atoms with Crippen LogP contribution in [0.3, 0.4) is 0 Å². The Morgan fingerprint density at radius 1 is 1.30 bits per heavy atom. The van der Waals surface area contributed by atoms with Crippen molar-refractivity contribution >= 4 is 5.69 Å². The van der Waals surface area contributed by atoms with Gasteiger partial charge in [0.2, 0.25) is 0 Å². The summed E-state index contributed by atoms with van der Waals surface area (Å²) in [6.45, 7) is 4.84. The highest BCUT2D eigenvalue weighted by Crippen LogP contribution is 2.61. The first-order valence-electron chi connectivity index (χ1n) is 8.99. The standard InChI is InChI=1S/C20H26N2O/c1-13-11-18-20(8-10-22-9-4-5-15(13)19(20)22)16-7-6-14(23-3)12-17(16)21(18)2/h4-7,12-13,15,18-19H,8-11H2,1-3H3. The van der Waals surface area contributed by atoms with E-state index >= 15 is 0 Å². The highest BCUT2D eigenvalue weighted by atomic mass is 16.5. The molecule has 3 aliphatic heterocycles. The summed E-state index contributed by atoms with van der Waals surface area (Å²) in [5, 5.41) is 0. The van der Waals surface area contributed by atoms with Crippen molar-refractivity contribution in [3.63, 3.8) is 0 Å². The average Bonchev–Trinajstić information content (AvgIpc) is 3.08. The van der Waals surface area contributed by atoms with Crippen LogP contribution >= 0.6 is 0 Å². The quantitative estimate of drug-likeness (QED) is 0.742. The summed E-state index contributed by atoms with van der Waals surface area (Å²) in [4.78, 5) is 5.31. The van der Waals surface area contributed by atoms with Gasteiger partial charge in [0.1, 0.15) is 5.75 Å². The average molecular weight is 310 g/mol. The van der Waals surface area contributed by atoms with Crippen LogP contribution in [0.15, 0.2) is 30.4 Å². The lowest BCUT2D eigenvalue weighted by atomic mass is 9.57. The van der Waals surface area contributed by atoms with Gasteiger partial charge >= 0.3 is 0 Å². The minimum Gasteiger partial charge on any atom is -0.497 e. The third kappa shape index (κ3) is 1.54. The molecule has 0 radical (unpaired) electrons. The number of likely N-dealkylation sites (N-methyl/N-ethyl adjacent to an activating group) is 1. The van der Waals surface area contributed by atoms with Crippen LogP contribution in [0.4, 0.5) is 5.69 Å². The zero-order valence-electron chi connectivity index (χ0n) is 14.3. The van der Waals surface area contributed by atoms with Crippen LogP contribution in [0.25, 0.3) is 0 Å². The number of fused-ring (bicyclic) bond motifs is 1. The van der Waals surface area contributed by atoms with E-state index in [1.165, 1.54) is 25.1 Å². The molecule has 23 heavy (non-hydrogen) atoms. The Morgan fingerprint density at radius 3 is 3.00 bits per heavy atom. The molecule has 0 N–H and O–H groups in total.